The van der Waals surface area contributed by atoms with E-state index in [0.29, 0.717) is 55.8 Å². The molecule has 1 fully saturated rings. The number of carbonyl (C=O) groups excluding carboxylic acids is 1. The lowest BCUT2D eigenvalue weighted by Crippen LogP contribution is -2.41. The molecule has 2 heterocycles. The first kappa shape index (κ1) is 13.9. The number of carbonyl (C=O) groups is 1. The van der Waals surface area contributed by atoms with Gasteiger partial charge in [0.15, 0.2) is 0 Å². The van der Waals surface area contributed by atoms with Gasteiger partial charge in [-0.05, 0) is 6.07 Å². The monoisotopic (exact) mass is 284 g/mol. The van der Waals surface area contributed by atoms with E-state index in [2.05, 4.69) is 10.3 Å². The summed E-state index contributed by atoms with van der Waals surface area (Å²) in [6.45, 7) is 3.06. The molecule has 1 aliphatic rings. The average molecular weight is 285 g/mol. The highest BCUT2D eigenvalue weighted by Crippen LogP contribution is 2.20. The highest BCUT2D eigenvalue weighted by atomic mass is 35.5. The van der Waals surface area contributed by atoms with Crippen LogP contribution in [0.15, 0.2) is 12.3 Å². The van der Waals surface area contributed by atoms with Crippen LogP contribution in [0.5, 0.6) is 0 Å². The Kier molecular flexibility index (Phi) is 4.81. The van der Waals surface area contributed by atoms with Crippen molar-refractivity contribution >= 4 is 29.0 Å². The summed E-state index contributed by atoms with van der Waals surface area (Å²) in [4.78, 5) is 17.8. The third-order valence-electron chi connectivity index (χ3n) is 2.86. The predicted molar refractivity (Wildman–Crippen MR) is 74.2 cm³/mol. The summed E-state index contributed by atoms with van der Waals surface area (Å²) in [5, 5.41) is 3.49. The van der Waals surface area contributed by atoms with Gasteiger partial charge in [-0.25, -0.2) is 4.98 Å². The van der Waals surface area contributed by atoms with Crippen molar-refractivity contribution in [1.82, 2.24) is 9.88 Å². The van der Waals surface area contributed by atoms with Gasteiger partial charge in [-0.3, -0.25) is 4.79 Å². The van der Waals surface area contributed by atoms with E-state index in [1.54, 1.807) is 6.07 Å². The molecule has 3 N–H and O–H groups in total. The lowest BCUT2D eigenvalue weighted by molar-refractivity contribution is -0.134. The number of hydrogen-bond acceptors (Lipinski definition) is 5. The van der Waals surface area contributed by atoms with Crippen molar-refractivity contribution in [3.8, 4) is 0 Å². The van der Waals surface area contributed by atoms with E-state index >= 15 is 0 Å². The first-order valence-electron chi connectivity index (χ1n) is 6.17. The van der Waals surface area contributed by atoms with E-state index in [4.69, 9.17) is 22.1 Å². The number of aromatic nitrogens is 1. The fourth-order valence-electron chi connectivity index (χ4n) is 1.84. The largest absolute Gasteiger partial charge is 0.397 e. The highest BCUT2D eigenvalue weighted by Gasteiger charge is 2.16. The summed E-state index contributed by atoms with van der Waals surface area (Å²) >= 11 is 5.98. The van der Waals surface area contributed by atoms with Gasteiger partial charge in [0, 0.05) is 26.1 Å². The van der Waals surface area contributed by atoms with Gasteiger partial charge in [-0.15, -0.1) is 0 Å². The third-order valence-corrected chi connectivity index (χ3v) is 3.15. The van der Waals surface area contributed by atoms with Crippen molar-refractivity contribution in [1.29, 1.82) is 0 Å². The molecule has 1 saturated heterocycles. The van der Waals surface area contributed by atoms with E-state index in [9.17, 15) is 4.79 Å². The first-order chi connectivity index (χ1) is 9.16. The summed E-state index contributed by atoms with van der Waals surface area (Å²) in [7, 11) is 0. The van der Waals surface area contributed by atoms with E-state index in [1.807, 2.05) is 4.90 Å². The Morgan fingerprint density at radius 3 is 2.95 bits per heavy atom. The van der Waals surface area contributed by atoms with Gasteiger partial charge < -0.3 is 20.7 Å². The number of hydrogen-bond donors (Lipinski definition) is 2. The lowest BCUT2D eigenvalue weighted by atomic mass is 10.3. The topological polar surface area (TPSA) is 80.5 Å². The summed E-state index contributed by atoms with van der Waals surface area (Å²) in [6, 6.07) is 1.63. The van der Waals surface area contributed by atoms with Crippen LogP contribution in [0.3, 0.4) is 0 Å². The molecular formula is C12H17ClN4O2. The number of pyridine rings is 1. The molecule has 6 nitrogen and oxygen atoms in total. The second-order valence-electron chi connectivity index (χ2n) is 4.27. The van der Waals surface area contributed by atoms with Gasteiger partial charge >= 0.3 is 0 Å². The second kappa shape index (κ2) is 6.58. The number of halogens is 1. The van der Waals surface area contributed by atoms with E-state index < -0.39 is 0 Å². The van der Waals surface area contributed by atoms with Crippen LogP contribution in [0.25, 0.3) is 0 Å². The molecule has 7 heteroatoms. The lowest BCUT2D eigenvalue weighted by Gasteiger charge is -2.26. The molecule has 104 valence electrons. The summed E-state index contributed by atoms with van der Waals surface area (Å²) in [6.07, 6.45) is 1.93. The van der Waals surface area contributed by atoms with Gasteiger partial charge in [0.25, 0.3) is 0 Å². The van der Waals surface area contributed by atoms with Gasteiger partial charge in [-0.2, -0.15) is 0 Å². The molecule has 0 unspecified atom stereocenters. The Morgan fingerprint density at radius 1 is 1.53 bits per heavy atom. The molecule has 0 radical (unpaired) electrons. The van der Waals surface area contributed by atoms with E-state index in [0.717, 1.165) is 0 Å². The maximum Gasteiger partial charge on any atom is 0.224 e. The van der Waals surface area contributed by atoms with Gasteiger partial charge in [0.05, 0.1) is 30.1 Å². The molecule has 0 atom stereocenters. The number of nitrogens with one attached hydrogen (secondary N) is 1. The predicted octanol–water partition coefficient (Wildman–Crippen LogP) is 0.978. The Morgan fingerprint density at radius 2 is 2.26 bits per heavy atom. The molecular weight excluding hydrogens is 268 g/mol. The zero-order valence-electron chi connectivity index (χ0n) is 10.6. The molecule has 1 aliphatic heterocycles. The third kappa shape index (κ3) is 3.97. The number of nitrogen functional groups attached to an aromatic ring is 1. The van der Waals surface area contributed by atoms with Crippen molar-refractivity contribution in [2.24, 2.45) is 0 Å². The van der Waals surface area contributed by atoms with Crippen molar-refractivity contribution < 1.29 is 9.53 Å². The van der Waals surface area contributed by atoms with E-state index in [1.165, 1.54) is 6.20 Å². The van der Waals surface area contributed by atoms with Gasteiger partial charge in [0.1, 0.15) is 5.82 Å². The maximum absolute atomic E-state index is 11.9. The Labute approximate surface area is 116 Å². The number of nitrogens with zero attached hydrogens (tertiary/aromatic N) is 2. The van der Waals surface area contributed by atoms with Crippen molar-refractivity contribution in [2.75, 3.05) is 43.9 Å². The highest BCUT2D eigenvalue weighted by molar-refractivity contribution is 6.33. The normalized spacial score (nSPS) is 15.3. The number of anilines is 2. The first-order valence-corrected chi connectivity index (χ1v) is 6.55. The zero-order chi connectivity index (χ0) is 13.7. The summed E-state index contributed by atoms with van der Waals surface area (Å²) in [5.74, 6) is 0.660. The molecule has 1 aromatic heterocycles. The Balaban J connectivity index is 1.78. The zero-order valence-corrected chi connectivity index (χ0v) is 11.3. The van der Waals surface area contributed by atoms with Gasteiger partial charge in [0.2, 0.25) is 5.91 Å². The molecule has 0 spiro atoms. The number of rotatable bonds is 4. The molecule has 1 amide bonds. The molecule has 2 rings (SSSR count). The number of morpholine rings is 1. The summed E-state index contributed by atoms with van der Waals surface area (Å²) in [5.41, 5.74) is 6.07. The fourth-order valence-corrected chi connectivity index (χ4v) is 2.08. The van der Waals surface area contributed by atoms with Crippen LogP contribution < -0.4 is 11.1 Å². The standard InChI is InChI=1S/C12H17ClN4O2/c13-10-7-9(14)8-16-12(10)15-2-1-11(18)17-3-5-19-6-4-17/h7-8H,1-6,14H2,(H,15,16). The molecule has 0 aliphatic carbocycles. The smallest absolute Gasteiger partial charge is 0.224 e. The molecule has 0 aromatic carbocycles. The minimum absolute atomic E-state index is 0.113. The molecule has 0 bridgehead atoms. The van der Waals surface area contributed by atoms with Crippen LogP contribution in [-0.2, 0) is 9.53 Å². The molecule has 1 aromatic rings. The van der Waals surface area contributed by atoms with Crippen LogP contribution in [0.4, 0.5) is 11.5 Å². The maximum atomic E-state index is 11.9. The average Bonchev–Trinajstić information content (AvgIpc) is 2.42. The number of nitrogens with two attached hydrogens (primary N) is 1. The van der Waals surface area contributed by atoms with Crippen molar-refractivity contribution in [3.63, 3.8) is 0 Å². The fraction of sp³-hybridized carbons (Fsp3) is 0.500. The van der Waals surface area contributed by atoms with Crippen LogP contribution >= 0.6 is 11.6 Å². The SMILES string of the molecule is Nc1cnc(NCCC(=O)N2CCOCC2)c(Cl)c1. The van der Waals surface area contributed by atoms with Crippen molar-refractivity contribution in [3.05, 3.63) is 17.3 Å². The Bertz CT molecular complexity index is 449. The number of ether oxygens (including phenoxy) is 1. The van der Waals surface area contributed by atoms with Crippen LogP contribution in [-0.4, -0.2) is 48.6 Å². The number of amides is 1. The van der Waals surface area contributed by atoms with E-state index in [-0.39, 0.29) is 5.91 Å². The minimum Gasteiger partial charge on any atom is -0.397 e. The molecule has 19 heavy (non-hydrogen) atoms. The van der Waals surface area contributed by atoms with Gasteiger partial charge in [-0.1, -0.05) is 11.6 Å². The quantitative estimate of drug-likeness (QED) is 0.861. The van der Waals surface area contributed by atoms with Crippen LogP contribution in [0.1, 0.15) is 6.42 Å². The van der Waals surface area contributed by atoms with Crippen LogP contribution in [0.2, 0.25) is 5.02 Å². The summed E-state index contributed by atoms with van der Waals surface area (Å²) < 4.78 is 5.20. The Hall–Kier alpha value is -1.53. The van der Waals surface area contributed by atoms with Crippen LogP contribution in [0, 0.1) is 0 Å². The van der Waals surface area contributed by atoms with Crippen molar-refractivity contribution in [2.45, 2.75) is 6.42 Å². The molecule has 0 saturated carbocycles. The minimum atomic E-state index is 0.113. The second-order valence-corrected chi connectivity index (χ2v) is 4.68.